The zero-order chi connectivity index (χ0) is 19.6. The van der Waals surface area contributed by atoms with Crippen LogP contribution in [0, 0.1) is 0 Å². The maximum Gasteiger partial charge on any atom is 0.371 e. The minimum atomic E-state index is -1.09. The van der Waals surface area contributed by atoms with Gasteiger partial charge in [-0.25, -0.2) is 4.79 Å². The van der Waals surface area contributed by atoms with E-state index < -0.39 is 5.97 Å². The van der Waals surface area contributed by atoms with Crippen LogP contribution in [0.2, 0.25) is 0 Å². The van der Waals surface area contributed by atoms with E-state index in [0.29, 0.717) is 13.2 Å². The quantitative estimate of drug-likeness (QED) is 0.349. The first-order valence-electron chi connectivity index (χ1n) is 9.21. The Bertz CT molecular complexity index is 799. The van der Waals surface area contributed by atoms with Gasteiger partial charge in [-0.3, -0.25) is 0 Å². The van der Waals surface area contributed by atoms with E-state index in [4.69, 9.17) is 9.47 Å². The van der Waals surface area contributed by atoms with Crippen LogP contribution in [0.5, 0.6) is 5.75 Å². The zero-order valence-electron chi connectivity index (χ0n) is 16.1. The number of anilines is 1. The van der Waals surface area contributed by atoms with Gasteiger partial charge in [0.25, 0.3) is 0 Å². The highest BCUT2D eigenvalue weighted by Crippen LogP contribution is 2.33. The molecule has 2 rings (SSSR count). The van der Waals surface area contributed by atoms with Crippen molar-refractivity contribution in [2.75, 3.05) is 25.6 Å². The number of ether oxygens (including phenoxy) is 2. The largest absolute Gasteiger partial charge is 0.493 e. The summed E-state index contributed by atoms with van der Waals surface area (Å²) in [5.41, 5.74) is 3.74. The zero-order valence-corrected chi connectivity index (χ0v) is 16.1. The van der Waals surface area contributed by atoms with Crippen molar-refractivity contribution in [3.8, 4) is 16.9 Å². The van der Waals surface area contributed by atoms with Gasteiger partial charge in [0.15, 0.2) is 0 Å². The molecule has 0 aliphatic rings. The normalized spacial score (nSPS) is 11.1. The van der Waals surface area contributed by atoms with Gasteiger partial charge in [-0.05, 0) is 48.7 Å². The Morgan fingerprint density at radius 3 is 2.67 bits per heavy atom. The summed E-state index contributed by atoms with van der Waals surface area (Å²) in [5, 5.41) is 12.4. The van der Waals surface area contributed by atoms with E-state index in [1.807, 2.05) is 43.4 Å². The van der Waals surface area contributed by atoms with Crippen LogP contribution in [-0.2, 0) is 9.53 Å². The van der Waals surface area contributed by atoms with Gasteiger partial charge in [-0.1, -0.05) is 37.6 Å². The van der Waals surface area contributed by atoms with Crippen molar-refractivity contribution in [3.05, 3.63) is 53.8 Å². The van der Waals surface area contributed by atoms with Gasteiger partial charge >= 0.3 is 5.97 Å². The number of unbranched alkanes of at least 4 members (excludes halogenated alkanes) is 1. The molecular weight excluding hydrogens is 342 g/mol. The van der Waals surface area contributed by atoms with Crippen LogP contribution in [0.15, 0.2) is 48.2 Å². The lowest BCUT2D eigenvalue weighted by molar-refractivity contribution is -0.136. The molecule has 0 unspecified atom stereocenters. The van der Waals surface area contributed by atoms with E-state index >= 15 is 0 Å². The van der Waals surface area contributed by atoms with Crippen LogP contribution in [0.1, 0.15) is 32.3 Å². The number of hydrogen-bond donors (Lipinski definition) is 2. The van der Waals surface area contributed by atoms with E-state index in [1.54, 1.807) is 6.92 Å². The number of hydrogen-bond acceptors (Lipinski definition) is 4. The number of carboxylic acid groups (broad SMARTS) is 1. The lowest BCUT2D eigenvalue weighted by Crippen LogP contribution is -2.04. The minimum Gasteiger partial charge on any atom is -0.493 e. The summed E-state index contributed by atoms with van der Waals surface area (Å²) in [4.78, 5) is 11.3. The molecule has 144 valence electrons. The number of carbonyl (C=O) groups is 1. The Labute approximate surface area is 160 Å². The van der Waals surface area contributed by atoms with E-state index in [1.165, 1.54) is 6.08 Å². The molecule has 2 N–H and O–H groups in total. The molecule has 0 saturated carbocycles. The fourth-order valence-corrected chi connectivity index (χ4v) is 2.63. The lowest BCUT2D eigenvalue weighted by atomic mass is 10.0. The first kappa shape index (κ1) is 20.4. The molecule has 0 amide bonds. The molecule has 0 aliphatic heterocycles. The second kappa shape index (κ2) is 10.3. The summed E-state index contributed by atoms with van der Waals surface area (Å²) < 4.78 is 11.2. The van der Waals surface area contributed by atoms with Crippen LogP contribution in [0.3, 0.4) is 0 Å². The van der Waals surface area contributed by atoms with Gasteiger partial charge in [0, 0.05) is 18.3 Å². The molecule has 5 nitrogen and oxygen atoms in total. The molecule has 0 bridgehead atoms. The van der Waals surface area contributed by atoms with Crippen LogP contribution in [0.4, 0.5) is 5.69 Å². The van der Waals surface area contributed by atoms with E-state index in [0.717, 1.165) is 41.0 Å². The average Bonchev–Trinajstić information content (AvgIpc) is 2.68. The lowest BCUT2D eigenvalue weighted by Gasteiger charge is -2.14. The molecule has 5 heteroatoms. The maximum absolute atomic E-state index is 11.3. The summed E-state index contributed by atoms with van der Waals surface area (Å²) in [5.74, 6) is -0.440. The van der Waals surface area contributed by atoms with Crippen molar-refractivity contribution in [1.82, 2.24) is 0 Å². The highest BCUT2D eigenvalue weighted by Gasteiger charge is 2.11. The summed E-state index contributed by atoms with van der Waals surface area (Å²) in [6.07, 6.45) is 3.51. The predicted molar refractivity (Wildman–Crippen MR) is 109 cm³/mol. The fourth-order valence-electron chi connectivity index (χ4n) is 2.63. The molecule has 0 atom stereocenters. The van der Waals surface area contributed by atoms with Crippen molar-refractivity contribution in [2.24, 2.45) is 0 Å². The molecular formula is C22H27NO4. The summed E-state index contributed by atoms with van der Waals surface area (Å²) in [6, 6.07) is 13.8. The molecule has 2 aromatic rings. The summed E-state index contributed by atoms with van der Waals surface area (Å²) in [6.45, 7) is 4.78. The number of aliphatic carboxylic acids is 1. The topological polar surface area (TPSA) is 67.8 Å². The molecule has 27 heavy (non-hydrogen) atoms. The van der Waals surface area contributed by atoms with Crippen LogP contribution < -0.4 is 10.1 Å². The third-order valence-corrected chi connectivity index (χ3v) is 4.03. The van der Waals surface area contributed by atoms with Gasteiger partial charge in [0.2, 0.25) is 5.76 Å². The molecule has 2 aromatic carbocycles. The summed E-state index contributed by atoms with van der Waals surface area (Å²) in [7, 11) is 1.88. The van der Waals surface area contributed by atoms with Crippen LogP contribution in [0.25, 0.3) is 17.2 Å². The second-order valence-electron chi connectivity index (χ2n) is 6.04. The SMILES string of the molecule is CCCCOc1cc(C=C(OCC)C(=O)O)ccc1-c1cccc(NC)c1. The van der Waals surface area contributed by atoms with Crippen LogP contribution in [-0.4, -0.2) is 31.3 Å². The Morgan fingerprint density at radius 1 is 1.19 bits per heavy atom. The van der Waals surface area contributed by atoms with Crippen molar-refractivity contribution < 1.29 is 19.4 Å². The Morgan fingerprint density at radius 2 is 2.00 bits per heavy atom. The number of carboxylic acids is 1. The van der Waals surface area contributed by atoms with E-state index in [9.17, 15) is 9.90 Å². The molecule has 0 saturated heterocycles. The molecule has 0 fully saturated rings. The number of benzene rings is 2. The Balaban J connectivity index is 2.44. The fraction of sp³-hybridized carbons (Fsp3) is 0.318. The van der Waals surface area contributed by atoms with Gasteiger partial charge in [-0.15, -0.1) is 0 Å². The predicted octanol–water partition coefficient (Wildman–Crippen LogP) is 5.04. The van der Waals surface area contributed by atoms with Gasteiger partial charge in [0.05, 0.1) is 13.2 Å². The first-order chi connectivity index (χ1) is 13.1. The van der Waals surface area contributed by atoms with Crippen molar-refractivity contribution in [2.45, 2.75) is 26.7 Å². The van der Waals surface area contributed by atoms with E-state index in [-0.39, 0.29) is 5.76 Å². The third-order valence-electron chi connectivity index (χ3n) is 4.03. The molecule has 0 radical (unpaired) electrons. The van der Waals surface area contributed by atoms with Crippen molar-refractivity contribution in [1.29, 1.82) is 0 Å². The minimum absolute atomic E-state index is 0.0815. The standard InChI is InChI=1S/C22H27NO4/c1-4-6-12-27-20-13-16(14-21(22(24)25)26-5-2)10-11-19(20)17-8-7-9-18(15-17)23-3/h7-11,13-15,23H,4-6,12H2,1-3H3,(H,24,25). The second-order valence-corrected chi connectivity index (χ2v) is 6.04. The Kier molecular flexibility index (Phi) is 7.74. The first-order valence-corrected chi connectivity index (χ1v) is 9.21. The molecule has 0 spiro atoms. The smallest absolute Gasteiger partial charge is 0.371 e. The molecule has 0 aliphatic carbocycles. The average molecular weight is 369 g/mol. The molecule has 0 aromatic heterocycles. The monoisotopic (exact) mass is 369 g/mol. The maximum atomic E-state index is 11.3. The van der Waals surface area contributed by atoms with Crippen LogP contribution >= 0.6 is 0 Å². The highest BCUT2D eigenvalue weighted by molar-refractivity contribution is 5.90. The highest BCUT2D eigenvalue weighted by atomic mass is 16.5. The van der Waals surface area contributed by atoms with E-state index in [2.05, 4.69) is 18.3 Å². The third kappa shape index (κ3) is 5.78. The van der Waals surface area contributed by atoms with Gasteiger partial charge in [-0.2, -0.15) is 0 Å². The van der Waals surface area contributed by atoms with Gasteiger partial charge < -0.3 is 19.9 Å². The van der Waals surface area contributed by atoms with Crippen molar-refractivity contribution >= 4 is 17.7 Å². The van der Waals surface area contributed by atoms with Gasteiger partial charge in [0.1, 0.15) is 5.75 Å². The number of rotatable bonds is 10. The number of nitrogens with one attached hydrogen (secondary N) is 1. The van der Waals surface area contributed by atoms with Crippen molar-refractivity contribution in [3.63, 3.8) is 0 Å². The Hall–Kier alpha value is -2.95. The summed E-state index contributed by atoms with van der Waals surface area (Å²) >= 11 is 0. The molecule has 0 heterocycles.